The molecule has 0 atom stereocenters. The van der Waals surface area contributed by atoms with E-state index in [1.54, 1.807) is 0 Å². The lowest BCUT2D eigenvalue weighted by molar-refractivity contribution is -0.719. The summed E-state index contributed by atoms with van der Waals surface area (Å²) in [5.74, 6) is 0. The van der Waals surface area contributed by atoms with Crippen molar-refractivity contribution in [2.24, 2.45) is 0 Å². The SMILES string of the molecule is O=[N+]([O-])N(OC(F)(F)F)SC(F)(F)F. The molecule has 0 N–H and O–H groups in total. The smallest absolute Gasteiger partial charge is 0.232 e. The van der Waals surface area contributed by atoms with Crippen molar-refractivity contribution in [1.29, 1.82) is 0 Å². The first-order valence-electron chi connectivity index (χ1n) is 2.47. The van der Waals surface area contributed by atoms with Gasteiger partial charge in [0.05, 0.1) is 4.58 Å². The van der Waals surface area contributed by atoms with Gasteiger partial charge in [-0.15, -0.1) is 18.0 Å². The number of nitro groups is 1. The average molecular weight is 246 g/mol. The van der Waals surface area contributed by atoms with Crippen LogP contribution in [-0.2, 0) is 4.84 Å². The quantitative estimate of drug-likeness (QED) is 0.330. The number of alkyl halides is 6. The Balaban J connectivity index is 4.40. The predicted molar refractivity (Wildman–Crippen MR) is 29.6 cm³/mol. The molecule has 0 radical (unpaired) electrons. The van der Waals surface area contributed by atoms with Crippen LogP contribution in [0.25, 0.3) is 0 Å². The summed E-state index contributed by atoms with van der Waals surface area (Å²) in [6.45, 7) is 0. The Labute approximate surface area is 75.8 Å². The lowest BCUT2D eigenvalue weighted by Gasteiger charge is -2.13. The zero-order chi connectivity index (χ0) is 11.6. The van der Waals surface area contributed by atoms with Crippen LogP contribution < -0.4 is 0 Å². The van der Waals surface area contributed by atoms with Gasteiger partial charge in [0.1, 0.15) is 0 Å². The fourth-order valence-corrected chi connectivity index (χ4v) is 0.628. The molecule has 0 rings (SSSR count). The molecule has 0 spiro atoms. The van der Waals surface area contributed by atoms with E-state index in [-0.39, 0.29) is 0 Å². The highest BCUT2D eigenvalue weighted by molar-refractivity contribution is 7.97. The number of rotatable bonds is 3. The third-order valence-corrected chi connectivity index (χ3v) is 1.07. The van der Waals surface area contributed by atoms with Crippen LogP contribution in [-0.4, -0.2) is 21.5 Å². The Bertz CT molecular complexity index is 198. The molecule has 0 fully saturated rings. The maximum absolute atomic E-state index is 11.4. The highest BCUT2D eigenvalue weighted by Gasteiger charge is 2.46. The fraction of sp³-hybridized carbons (Fsp3) is 1.00. The maximum Gasteiger partial charge on any atom is 0.548 e. The Morgan fingerprint density at radius 2 is 1.64 bits per heavy atom. The van der Waals surface area contributed by atoms with Crippen LogP contribution in [0.1, 0.15) is 0 Å². The molecule has 12 heteroatoms. The van der Waals surface area contributed by atoms with E-state index in [4.69, 9.17) is 0 Å². The highest BCUT2D eigenvalue weighted by Crippen LogP contribution is 2.35. The average Bonchev–Trinajstić information content (AvgIpc) is 1.78. The van der Waals surface area contributed by atoms with Gasteiger partial charge in [0.2, 0.25) is 0 Å². The van der Waals surface area contributed by atoms with Crippen molar-refractivity contribution >= 4 is 11.9 Å². The minimum Gasteiger partial charge on any atom is -0.232 e. The van der Waals surface area contributed by atoms with E-state index in [0.717, 1.165) is 0 Å². The van der Waals surface area contributed by atoms with Crippen LogP contribution in [0.5, 0.6) is 0 Å². The van der Waals surface area contributed by atoms with Crippen molar-refractivity contribution in [3.63, 3.8) is 0 Å². The molecular weight excluding hydrogens is 246 g/mol. The van der Waals surface area contributed by atoms with E-state index in [1.807, 2.05) is 0 Å². The van der Waals surface area contributed by atoms with Gasteiger partial charge in [0.15, 0.2) is 17.0 Å². The van der Waals surface area contributed by atoms with Crippen molar-refractivity contribution in [3.8, 4) is 0 Å². The summed E-state index contributed by atoms with van der Waals surface area (Å²) in [4.78, 5) is 12.1. The second kappa shape index (κ2) is 4.08. The summed E-state index contributed by atoms with van der Waals surface area (Å²) < 4.78 is 66.6. The largest absolute Gasteiger partial charge is 0.548 e. The third-order valence-electron chi connectivity index (χ3n) is 0.497. The summed E-state index contributed by atoms with van der Waals surface area (Å²) in [7, 11) is 0. The van der Waals surface area contributed by atoms with Gasteiger partial charge in [-0.05, 0) is 0 Å². The summed E-state index contributed by atoms with van der Waals surface area (Å²) in [5, 5.41) is 7.65. The van der Waals surface area contributed by atoms with Crippen LogP contribution >= 0.6 is 11.9 Å². The van der Waals surface area contributed by atoms with E-state index in [2.05, 4.69) is 4.84 Å². The fourth-order valence-electron chi connectivity index (χ4n) is 0.262. The van der Waals surface area contributed by atoms with Crippen LogP contribution in [0.3, 0.4) is 0 Å². The molecule has 0 saturated carbocycles. The summed E-state index contributed by atoms with van der Waals surface area (Å²) >= 11 is -1.67. The Hall–Kier alpha value is -0.910. The molecule has 5 nitrogen and oxygen atoms in total. The first-order valence-corrected chi connectivity index (χ1v) is 3.25. The molecule has 0 aliphatic carbocycles. The molecule has 0 amide bonds. The number of hydrogen-bond donors (Lipinski definition) is 0. The molecule has 0 aromatic heterocycles. The van der Waals surface area contributed by atoms with Crippen LogP contribution in [0.2, 0.25) is 0 Å². The van der Waals surface area contributed by atoms with Gasteiger partial charge in [0, 0.05) is 0 Å². The first kappa shape index (κ1) is 13.1. The maximum atomic E-state index is 11.4. The molecule has 0 bridgehead atoms. The first-order chi connectivity index (χ1) is 6.01. The van der Waals surface area contributed by atoms with Gasteiger partial charge in [-0.25, -0.2) is 10.1 Å². The van der Waals surface area contributed by atoms with E-state index < -0.39 is 33.4 Å². The highest BCUT2D eigenvalue weighted by atomic mass is 32.2. The van der Waals surface area contributed by atoms with Gasteiger partial charge in [0.25, 0.3) is 0 Å². The van der Waals surface area contributed by atoms with E-state index in [1.165, 1.54) is 0 Å². The van der Waals surface area contributed by atoms with Crippen molar-refractivity contribution in [2.75, 3.05) is 0 Å². The monoisotopic (exact) mass is 246 g/mol. The molecule has 0 unspecified atom stereocenters. The third kappa shape index (κ3) is 6.59. The topological polar surface area (TPSA) is 55.6 Å². The lowest BCUT2D eigenvalue weighted by atomic mass is 11.4. The van der Waals surface area contributed by atoms with Gasteiger partial charge in [-0.1, -0.05) is 0 Å². The number of nitrogens with zero attached hydrogens (tertiary/aromatic N) is 2. The minimum atomic E-state index is -5.56. The van der Waals surface area contributed by atoms with Gasteiger partial charge < -0.3 is 0 Å². The van der Waals surface area contributed by atoms with Crippen LogP contribution in [0.15, 0.2) is 0 Å². The summed E-state index contributed by atoms with van der Waals surface area (Å²) in [5.41, 5.74) is -5.25. The van der Waals surface area contributed by atoms with Crippen LogP contribution in [0, 0.1) is 10.1 Å². The molecule has 84 valence electrons. The van der Waals surface area contributed by atoms with E-state index in [0.29, 0.717) is 0 Å². The summed E-state index contributed by atoms with van der Waals surface area (Å²) in [6.07, 6.45) is -5.56. The van der Waals surface area contributed by atoms with Crippen LogP contribution in [0.4, 0.5) is 26.3 Å². The normalized spacial score (nSPS) is 12.7. The molecule has 0 saturated heterocycles. The zero-order valence-electron chi connectivity index (χ0n) is 5.80. The summed E-state index contributed by atoms with van der Waals surface area (Å²) in [6, 6.07) is 0. The van der Waals surface area contributed by atoms with Crippen molar-refractivity contribution in [2.45, 2.75) is 11.9 Å². The number of hydrazine groups is 1. The molecule has 0 aromatic carbocycles. The predicted octanol–water partition coefficient (Wildman–Crippen LogP) is 2.10. The van der Waals surface area contributed by atoms with Gasteiger partial charge >= 0.3 is 11.9 Å². The Morgan fingerprint density at radius 3 is 1.86 bits per heavy atom. The second-order valence-corrected chi connectivity index (χ2v) is 2.51. The second-order valence-electron chi connectivity index (χ2n) is 1.55. The Kier molecular flexibility index (Phi) is 3.81. The van der Waals surface area contributed by atoms with E-state index in [9.17, 15) is 36.5 Å². The van der Waals surface area contributed by atoms with E-state index >= 15 is 0 Å². The lowest BCUT2D eigenvalue weighted by Crippen LogP contribution is -2.33. The molecule has 0 heterocycles. The standard InChI is InChI=1S/C2F6N2O3S/c3-1(4,5)13-10(9(11)12)14-2(6,7)8. The van der Waals surface area contributed by atoms with Gasteiger partial charge in [-0.2, -0.15) is 13.2 Å². The molecule has 0 aliphatic rings. The molecular formula is C2F6N2O3S. The van der Waals surface area contributed by atoms with Crippen molar-refractivity contribution < 1.29 is 36.2 Å². The molecule has 0 aromatic rings. The molecule has 0 aliphatic heterocycles. The minimum absolute atomic E-state index is 1.53. The van der Waals surface area contributed by atoms with Crippen molar-refractivity contribution in [3.05, 3.63) is 10.1 Å². The van der Waals surface area contributed by atoms with Gasteiger partial charge in [-0.3, -0.25) is 0 Å². The van der Waals surface area contributed by atoms with Crippen molar-refractivity contribution in [1.82, 2.24) is 4.58 Å². The molecule has 14 heavy (non-hydrogen) atoms. The zero-order valence-corrected chi connectivity index (χ0v) is 6.61. The Morgan fingerprint density at radius 1 is 1.21 bits per heavy atom. The number of halogens is 6. The number of hydrogen-bond acceptors (Lipinski definition) is 4.